The molecule has 2 aromatic rings. The van der Waals surface area contributed by atoms with Gasteiger partial charge in [0.05, 0.1) is 4.88 Å². The van der Waals surface area contributed by atoms with Gasteiger partial charge in [-0.1, -0.05) is 17.8 Å². The number of nitrogens with two attached hydrogens (primary N) is 1. The zero-order valence-corrected chi connectivity index (χ0v) is 10.5. The van der Waals surface area contributed by atoms with Crippen LogP contribution in [0.4, 0.5) is 5.13 Å². The molecular weight excluding hydrogens is 238 g/mol. The third kappa shape index (κ3) is 1.85. The molecule has 2 heterocycles. The van der Waals surface area contributed by atoms with Crippen LogP contribution in [0.5, 0.6) is 0 Å². The van der Waals surface area contributed by atoms with Crippen molar-refractivity contribution >= 4 is 27.8 Å². The molecule has 3 rings (SSSR count). The third-order valence-electron chi connectivity index (χ3n) is 2.90. The van der Waals surface area contributed by atoms with Gasteiger partial charge in [-0.15, -0.1) is 21.5 Å². The summed E-state index contributed by atoms with van der Waals surface area (Å²) in [7, 11) is 0. The number of nitrogens with zero attached hydrogens (tertiary/aromatic N) is 2. The molecule has 2 N–H and O–H groups in total. The molecule has 0 saturated carbocycles. The van der Waals surface area contributed by atoms with Crippen molar-refractivity contribution in [1.82, 2.24) is 10.2 Å². The van der Waals surface area contributed by atoms with Gasteiger partial charge in [0.1, 0.15) is 0 Å². The molecule has 5 heteroatoms. The van der Waals surface area contributed by atoms with Crippen molar-refractivity contribution in [2.75, 3.05) is 5.73 Å². The number of rotatable bonds is 1. The van der Waals surface area contributed by atoms with E-state index >= 15 is 0 Å². The van der Waals surface area contributed by atoms with Gasteiger partial charge in [0.15, 0.2) is 5.01 Å². The summed E-state index contributed by atoms with van der Waals surface area (Å²) in [5, 5.41) is 9.50. The molecular formula is C11H13N3S2. The predicted octanol–water partition coefficient (Wildman–Crippen LogP) is 3.12. The molecule has 0 aliphatic heterocycles. The van der Waals surface area contributed by atoms with E-state index < -0.39 is 0 Å². The molecule has 0 atom stereocenters. The van der Waals surface area contributed by atoms with Gasteiger partial charge >= 0.3 is 0 Å². The van der Waals surface area contributed by atoms with Crippen LogP contribution < -0.4 is 5.73 Å². The second kappa shape index (κ2) is 4.14. The highest BCUT2D eigenvalue weighted by molar-refractivity contribution is 7.23. The van der Waals surface area contributed by atoms with Gasteiger partial charge in [-0.05, 0) is 37.3 Å². The molecule has 84 valence electrons. The molecule has 3 nitrogen and oxygen atoms in total. The topological polar surface area (TPSA) is 51.8 Å². The maximum Gasteiger partial charge on any atom is 0.203 e. The van der Waals surface area contributed by atoms with Crippen molar-refractivity contribution in [2.45, 2.75) is 32.1 Å². The Morgan fingerprint density at radius 1 is 1.06 bits per heavy atom. The van der Waals surface area contributed by atoms with E-state index in [1.54, 1.807) is 4.88 Å². The first-order valence-corrected chi connectivity index (χ1v) is 7.17. The lowest BCUT2D eigenvalue weighted by Gasteiger charge is -1.92. The third-order valence-corrected chi connectivity index (χ3v) is 5.06. The molecule has 2 aromatic heterocycles. The van der Waals surface area contributed by atoms with Gasteiger partial charge in [0.25, 0.3) is 0 Å². The lowest BCUT2D eigenvalue weighted by Crippen LogP contribution is -1.80. The molecule has 1 aliphatic rings. The molecule has 1 aliphatic carbocycles. The summed E-state index contributed by atoms with van der Waals surface area (Å²) in [6.45, 7) is 0. The summed E-state index contributed by atoms with van der Waals surface area (Å²) in [4.78, 5) is 2.78. The van der Waals surface area contributed by atoms with E-state index in [0.29, 0.717) is 5.13 Å². The van der Waals surface area contributed by atoms with Crippen molar-refractivity contribution in [1.29, 1.82) is 0 Å². The molecule has 0 bridgehead atoms. The first-order valence-electron chi connectivity index (χ1n) is 5.54. The zero-order valence-electron chi connectivity index (χ0n) is 8.90. The number of hydrogen-bond acceptors (Lipinski definition) is 5. The molecule has 0 fully saturated rings. The van der Waals surface area contributed by atoms with Crippen LogP contribution in [0.1, 0.15) is 29.7 Å². The second-order valence-corrected chi connectivity index (χ2v) is 6.21. The maximum absolute atomic E-state index is 5.61. The number of aromatic nitrogens is 2. The van der Waals surface area contributed by atoms with Gasteiger partial charge in [-0.25, -0.2) is 0 Å². The second-order valence-electron chi connectivity index (χ2n) is 4.07. The highest BCUT2D eigenvalue weighted by Crippen LogP contribution is 2.36. The Kier molecular flexibility index (Phi) is 2.65. The minimum absolute atomic E-state index is 0.554. The Balaban J connectivity index is 1.98. The average Bonchev–Trinajstić information content (AvgIpc) is 2.81. The molecule has 0 radical (unpaired) electrons. The van der Waals surface area contributed by atoms with Crippen LogP contribution in [0.3, 0.4) is 0 Å². The summed E-state index contributed by atoms with van der Waals surface area (Å²) < 4.78 is 0. The van der Waals surface area contributed by atoms with Crippen LogP contribution in [0, 0.1) is 0 Å². The number of fused-ring (bicyclic) bond motifs is 1. The van der Waals surface area contributed by atoms with E-state index in [0.717, 1.165) is 5.01 Å². The maximum atomic E-state index is 5.61. The predicted molar refractivity (Wildman–Crippen MR) is 68.9 cm³/mol. The van der Waals surface area contributed by atoms with Gasteiger partial charge in [-0.3, -0.25) is 0 Å². The largest absolute Gasteiger partial charge is 0.374 e. The standard InChI is InChI=1S/C11H13N3S2/c12-11-14-13-10(16-11)9-6-7-4-2-1-3-5-8(7)15-9/h6H,1-5H2,(H2,12,14). The number of thiophene rings is 1. The van der Waals surface area contributed by atoms with E-state index in [9.17, 15) is 0 Å². The first-order chi connectivity index (χ1) is 7.83. The van der Waals surface area contributed by atoms with Crippen molar-refractivity contribution in [2.24, 2.45) is 0 Å². The normalized spacial score (nSPS) is 15.8. The van der Waals surface area contributed by atoms with E-state index in [-0.39, 0.29) is 0 Å². The van der Waals surface area contributed by atoms with Crippen molar-refractivity contribution < 1.29 is 0 Å². The van der Waals surface area contributed by atoms with Crippen molar-refractivity contribution in [3.63, 3.8) is 0 Å². The van der Waals surface area contributed by atoms with Crippen LogP contribution in [0.2, 0.25) is 0 Å². The number of anilines is 1. The monoisotopic (exact) mass is 251 g/mol. The summed E-state index contributed by atoms with van der Waals surface area (Å²) in [5.74, 6) is 0. The van der Waals surface area contributed by atoms with Gasteiger partial charge in [-0.2, -0.15) is 0 Å². The SMILES string of the molecule is Nc1nnc(-c2cc3c(s2)CCCCC3)s1. The summed E-state index contributed by atoms with van der Waals surface area (Å²) in [6, 6.07) is 2.28. The van der Waals surface area contributed by atoms with Gasteiger partial charge in [0, 0.05) is 4.88 Å². The van der Waals surface area contributed by atoms with E-state index in [1.165, 1.54) is 53.9 Å². The highest BCUT2D eigenvalue weighted by atomic mass is 32.1. The lowest BCUT2D eigenvalue weighted by atomic mass is 10.1. The summed E-state index contributed by atoms with van der Waals surface area (Å²) >= 11 is 3.34. The average molecular weight is 251 g/mol. The smallest absolute Gasteiger partial charge is 0.203 e. The Morgan fingerprint density at radius 3 is 2.75 bits per heavy atom. The van der Waals surface area contributed by atoms with Gasteiger partial charge < -0.3 is 5.73 Å². The minimum Gasteiger partial charge on any atom is -0.374 e. The van der Waals surface area contributed by atoms with Crippen LogP contribution in [0.15, 0.2) is 6.07 Å². The van der Waals surface area contributed by atoms with Crippen molar-refractivity contribution in [3.8, 4) is 9.88 Å². The van der Waals surface area contributed by atoms with Crippen LogP contribution in [-0.2, 0) is 12.8 Å². The molecule has 0 amide bonds. The van der Waals surface area contributed by atoms with Crippen LogP contribution in [-0.4, -0.2) is 10.2 Å². The number of nitrogen functional groups attached to an aromatic ring is 1. The molecule has 0 unspecified atom stereocenters. The summed E-state index contributed by atoms with van der Waals surface area (Å²) in [6.07, 6.45) is 6.46. The Hall–Kier alpha value is -0.940. The molecule has 0 saturated heterocycles. The molecule has 16 heavy (non-hydrogen) atoms. The Bertz CT molecular complexity index is 478. The van der Waals surface area contributed by atoms with E-state index in [1.807, 2.05) is 11.3 Å². The molecule has 0 spiro atoms. The fourth-order valence-electron chi connectivity index (χ4n) is 2.11. The molecule has 0 aromatic carbocycles. The van der Waals surface area contributed by atoms with Crippen LogP contribution in [0.25, 0.3) is 9.88 Å². The fourth-order valence-corrected chi connectivity index (χ4v) is 4.01. The highest BCUT2D eigenvalue weighted by Gasteiger charge is 2.15. The quantitative estimate of drug-likeness (QED) is 0.792. The van der Waals surface area contributed by atoms with Gasteiger partial charge in [0.2, 0.25) is 5.13 Å². The minimum atomic E-state index is 0.554. The van der Waals surface area contributed by atoms with Crippen molar-refractivity contribution in [3.05, 3.63) is 16.5 Å². The summed E-state index contributed by atoms with van der Waals surface area (Å²) in [5.41, 5.74) is 7.13. The lowest BCUT2D eigenvalue weighted by molar-refractivity contribution is 0.713. The number of hydrogen-bond donors (Lipinski definition) is 1. The Labute approximate surface area is 102 Å². The van der Waals surface area contributed by atoms with Crippen LogP contribution >= 0.6 is 22.7 Å². The van der Waals surface area contributed by atoms with E-state index in [2.05, 4.69) is 16.3 Å². The first kappa shape index (κ1) is 10.2. The zero-order chi connectivity index (χ0) is 11.0. The number of aryl methyl sites for hydroxylation is 2. The fraction of sp³-hybridized carbons (Fsp3) is 0.455. The Morgan fingerprint density at radius 2 is 1.94 bits per heavy atom. The van der Waals surface area contributed by atoms with E-state index in [4.69, 9.17) is 5.73 Å².